The molecule has 2 aromatic rings. The first kappa shape index (κ1) is 14.9. The Balaban J connectivity index is 1.90. The van der Waals surface area contributed by atoms with Gasteiger partial charge in [-0.15, -0.1) is 11.8 Å². The number of hydrogen-bond acceptors (Lipinski definition) is 4. The van der Waals surface area contributed by atoms with Crippen molar-refractivity contribution >= 4 is 17.6 Å². The third-order valence-electron chi connectivity index (χ3n) is 2.80. The van der Waals surface area contributed by atoms with Gasteiger partial charge in [0, 0.05) is 24.1 Å². The summed E-state index contributed by atoms with van der Waals surface area (Å²) in [4.78, 5) is 9.06. The van der Waals surface area contributed by atoms with Gasteiger partial charge in [0.25, 0.3) is 0 Å². The van der Waals surface area contributed by atoms with Gasteiger partial charge in [-0.2, -0.15) is 0 Å². The summed E-state index contributed by atoms with van der Waals surface area (Å²) in [6.45, 7) is 5.12. The Kier molecular flexibility index (Phi) is 5.87. The molecule has 0 radical (unpaired) electrons. The molecule has 1 heterocycles. The molecule has 0 bridgehead atoms. The van der Waals surface area contributed by atoms with Crippen LogP contribution in [0.3, 0.4) is 0 Å². The van der Waals surface area contributed by atoms with Crippen LogP contribution in [-0.4, -0.2) is 16.5 Å². The van der Waals surface area contributed by atoms with Crippen molar-refractivity contribution in [2.24, 2.45) is 0 Å². The van der Waals surface area contributed by atoms with Crippen molar-refractivity contribution < 1.29 is 0 Å². The highest BCUT2D eigenvalue weighted by molar-refractivity contribution is 7.97. The summed E-state index contributed by atoms with van der Waals surface area (Å²) in [5, 5.41) is 3.32. The Morgan fingerprint density at radius 2 is 1.90 bits per heavy atom. The fourth-order valence-corrected chi connectivity index (χ4v) is 2.71. The van der Waals surface area contributed by atoms with Crippen molar-refractivity contribution in [3.8, 4) is 0 Å². The molecule has 0 saturated carbocycles. The predicted molar refractivity (Wildman–Crippen MR) is 87.0 cm³/mol. The van der Waals surface area contributed by atoms with Crippen LogP contribution in [0.4, 0.5) is 5.82 Å². The molecule has 1 aromatic carbocycles. The minimum atomic E-state index is 0.845. The average molecular weight is 287 g/mol. The van der Waals surface area contributed by atoms with E-state index in [1.54, 1.807) is 0 Å². The van der Waals surface area contributed by atoms with Crippen LogP contribution < -0.4 is 5.32 Å². The summed E-state index contributed by atoms with van der Waals surface area (Å²) in [5.74, 6) is 3.69. The van der Waals surface area contributed by atoms with E-state index < -0.39 is 0 Å². The van der Waals surface area contributed by atoms with Gasteiger partial charge < -0.3 is 5.32 Å². The predicted octanol–water partition coefficient (Wildman–Crippen LogP) is 4.04. The summed E-state index contributed by atoms with van der Waals surface area (Å²) in [6.07, 6.45) is 1.10. The van der Waals surface area contributed by atoms with Crippen molar-refractivity contribution in [3.05, 3.63) is 53.5 Å². The normalized spacial score (nSPS) is 10.5. The minimum Gasteiger partial charge on any atom is -0.370 e. The lowest BCUT2D eigenvalue weighted by atomic mass is 10.2. The summed E-state index contributed by atoms with van der Waals surface area (Å²) >= 11 is 1.85. The number of aryl methyl sites for hydroxylation is 1. The van der Waals surface area contributed by atoms with Crippen LogP contribution in [0.25, 0.3) is 0 Å². The molecule has 3 nitrogen and oxygen atoms in total. The molecule has 4 heteroatoms. The summed E-state index contributed by atoms with van der Waals surface area (Å²) in [5.41, 5.74) is 2.36. The number of rotatable bonds is 7. The van der Waals surface area contributed by atoms with Crippen molar-refractivity contribution in [3.63, 3.8) is 0 Å². The second-order valence-corrected chi connectivity index (χ2v) is 5.70. The fourth-order valence-electron chi connectivity index (χ4n) is 1.87. The van der Waals surface area contributed by atoms with E-state index in [-0.39, 0.29) is 0 Å². The van der Waals surface area contributed by atoms with E-state index in [1.165, 1.54) is 5.56 Å². The maximum atomic E-state index is 4.56. The van der Waals surface area contributed by atoms with Crippen LogP contribution in [0.1, 0.15) is 30.4 Å². The number of anilines is 1. The molecule has 1 aromatic heterocycles. The number of nitrogens with zero attached hydrogens (tertiary/aromatic N) is 2. The highest BCUT2D eigenvalue weighted by atomic mass is 32.2. The van der Waals surface area contributed by atoms with E-state index in [2.05, 4.69) is 46.5 Å². The van der Waals surface area contributed by atoms with Crippen LogP contribution in [0.5, 0.6) is 0 Å². The van der Waals surface area contributed by atoms with Crippen molar-refractivity contribution in [1.82, 2.24) is 9.97 Å². The van der Waals surface area contributed by atoms with Crippen LogP contribution >= 0.6 is 11.8 Å². The standard InChI is InChI=1S/C16H21N3S/c1-3-9-17-15-10-13(2)18-16(19-15)12-20-11-14-7-5-4-6-8-14/h4-8,10H,3,9,11-12H2,1-2H3,(H,17,18,19). The first-order valence-electron chi connectivity index (χ1n) is 6.98. The van der Waals surface area contributed by atoms with Gasteiger partial charge in [-0.3, -0.25) is 0 Å². The molecule has 20 heavy (non-hydrogen) atoms. The summed E-state index contributed by atoms with van der Waals surface area (Å²) in [7, 11) is 0. The van der Waals surface area contributed by atoms with E-state index in [1.807, 2.05) is 30.8 Å². The molecule has 0 aliphatic heterocycles. The third-order valence-corrected chi connectivity index (χ3v) is 3.80. The molecular formula is C16H21N3S. The van der Waals surface area contributed by atoms with Gasteiger partial charge >= 0.3 is 0 Å². The third kappa shape index (κ3) is 4.85. The van der Waals surface area contributed by atoms with E-state index in [0.717, 1.165) is 41.8 Å². The van der Waals surface area contributed by atoms with E-state index in [0.29, 0.717) is 0 Å². The second-order valence-electron chi connectivity index (χ2n) is 4.72. The molecule has 106 valence electrons. The molecule has 0 aliphatic carbocycles. The first-order valence-corrected chi connectivity index (χ1v) is 8.13. The van der Waals surface area contributed by atoms with Crippen LogP contribution in [-0.2, 0) is 11.5 Å². The highest BCUT2D eigenvalue weighted by Crippen LogP contribution is 2.17. The van der Waals surface area contributed by atoms with Gasteiger partial charge in [0.2, 0.25) is 0 Å². The highest BCUT2D eigenvalue weighted by Gasteiger charge is 2.02. The Bertz CT molecular complexity index is 529. The first-order chi connectivity index (χ1) is 9.78. The largest absolute Gasteiger partial charge is 0.370 e. The summed E-state index contributed by atoms with van der Waals surface area (Å²) in [6, 6.07) is 12.5. The SMILES string of the molecule is CCCNc1cc(C)nc(CSCc2ccccc2)n1. The Labute approximate surface area is 125 Å². The van der Waals surface area contributed by atoms with Gasteiger partial charge in [-0.1, -0.05) is 37.3 Å². The molecule has 2 rings (SSSR count). The minimum absolute atomic E-state index is 0.845. The zero-order valence-corrected chi connectivity index (χ0v) is 12.9. The molecule has 0 amide bonds. The van der Waals surface area contributed by atoms with Gasteiger partial charge in [0.1, 0.15) is 11.6 Å². The smallest absolute Gasteiger partial charge is 0.140 e. The van der Waals surface area contributed by atoms with E-state index in [9.17, 15) is 0 Å². The second kappa shape index (κ2) is 7.90. The maximum Gasteiger partial charge on any atom is 0.140 e. The molecule has 1 N–H and O–H groups in total. The number of nitrogens with one attached hydrogen (secondary N) is 1. The average Bonchev–Trinajstić information content (AvgIpc) is 2.46. The number of benzene rings is 1. The Morgan fingerprint density at radius 1 is 1.10 bits per heavy atom. The Hall–Kier alpha value is -1.55. The van der Waals surface area contributed by atoms with Gasteiger partial charge in [0.15, 0.2) is 0 Å². The topological polar surface area (TPSA) is 37.8 Å². The lowest BCUT2D eigenvalue weighted by Gasteiger charge is -2.07. The molecule has 0 atom stereocenters. The van der Waals surface area contributed by atoms with Gasteiger partial charge in [-0.05, 0) is 18.9 Å². The van der Waals surface area contributed by atoms with E-state index in [4.69, 9.17) is 0 Å². The van der Waals surface area contributed by atoms with Crippen molar-refractivity contribution in [2.75, 3.05) is 11.9 Å². The van der Waals surface area contributed by atoms with Crippen LogP contribution in [0, 0.1) is 6.92 Å². The maximum absolute atomic E-state index is 4.56. The molecule has 0 aliphatic rings. The zero-order chi connectivity index (χ0) is 14.2. The quantitative estimate of drug-likeness (QED) is 0.834. The van der Waals surface area contributed by atoms with Crippen LogP contribution in [0.15, 0.2) is 36.4 Å². The van der Waals surface area contributed by atoms with Crippen molar-refractivity contribution in [1.29, 1.82) is 0 Å². The molecule has 0 spiro atoms. The Morgan fingerprint density at radius 3 is 2.65 bits per heavy atom. The lowest BCUT2D eigenvalue weighted by molar-refractivity contribution is 0.940. The van der Waals surface area contributed by atoms with Crippen molar-refractivity contribution in [2.45, 2.75) is 31.8 Å². The number of aromatic nitrogens is 2. The fraction of sp³-hybridized carbons (Fsp3) is 0.375. The molecule has 0 saturated heterocycles. The molecule has 0 fully saturated rings. The number of hydrogen-bond donors (Lipinski definition) is 1. The lowest BCUT2D eigenvalue weighted by Crippen LogP contribution is -2.05. The van der Waals surface area contributed by atoms with Crippen LogP contribution in [0.2, 0.25) is 0 Å². The monoisotopic (exact) mass is 287 g/mol. The van der Waals surface area contributed by atoms with Gasteiger partial charge in [-0.25, -0.2) is 9.97 Å². The van der Waals surface area contributed by atoms with Gasteiger partial charge in [0.05, 0.1) is 5.75 Å². The molecular weight excluding hydrogens is 266 g/mol. The number of thioether (sulfide) groups is 1. The summed E-state index contributed by atoms with van der Waals surface area (Å²) < 4.78 is 0. The zero-order valence-electron chi connectivity index (χ0n) is 12.1. The molecule has 0 unspecified atom stereocenters. The van der Waals surface area contributed by atoms with E-state index >= 15 is 0 Å².